The summed E-state index contributed by atoms with van der Waals surface area (Å²) in [6.07, 6.45) is 0.980. The monoisotopic (exact) mass is 237 g/mol. The second-order valence-electron chi connectivity index (χ2n) is 4.70. The fourth-order valence-corrected chi connectivity index (χ4v) is 1.26. The molecule has 0 saturated carbocycles. The number of aromatic nitrogens is 2. The van der Waals surface area contributed by atoms with Crippen LogP contribution in [0.15, 0.2) is 6.07 Å². The van der Waals surface area contributed by atoms with Gasteiger partial charge >= 0.3 is 0 Å². The smallest absolute Gasteiger partial charge is 0.226 e. The lowest BCUT2D eigenvalue weighted by molar-refractivity contribution is 0.304. The molecular formula is C13H23N3O. The second-order valence-corrected chi connectivity index (χ2v) is 4.70. The summed E-state index contributed by atoms with van der Waals surface area (Å²) in [5, 5.41) is 3.30. The molecule has 1 aromatic heterocycles. The predicted molar refractivity (Wildman–Crippen MR) is 70.5 cm³/mol. The Kier molecular flexibility index (Phi) is 5.19. The molecule has 1 heterocycles. The minimum Gasteiger partial charge on any atom is -0.478 e. The van der Waals surface area contributed by atoms with E-state index in [1.54, 1.807) is 0 Å². The zero-order valence-corrected chi connectivity index (χ0v) is 11.4. The normalized spacial score (nSPS) is 12.6. The van der Waals surface area contributed by atoms with Gasteiger partial charge < -0.3 is 10.1 Å². The van der Waals surface area contributed by atoms with Gasteiger partial charge in [0.05, 0.1) is 6.61 Å². The Morgan fingerprint density at radius 3 is 2.59 bits per heavy atom. The highest BCUT2D eigenvalue weighted by Gasteiger charge is 2.09. The summed E-state index contributed by atoms with van der Waals surface area (Å²) in [7, 11) is 0. The number of aryl methyl sites for hydroxylation is 1. The molecule has 0 aliphatic rings. The van der Waals surface area contributed by atoms with Gasteiger partial charge in [-0.25, -0.2) is 4.98 Å². The highest BCUT2D eigenvalue weighted by atomic mass is 16.5. The van der Waals surface area contributed by atoms with Gasteiger partial charge in [-0.1, -0.05) is 20.8 Å². The number of ether oxygens (including phenoxy) is 1. The molecule has 0 spiro atoms. The molecule has 0 saturated heterocycles. The van der Waals surface area contributed by atoms with Gasteiger partial charge in [0, 0.05) is 17.8 Å². The van der Waals surface area contributed by atoms with E-state index in [9.17, 15) is 0 Å². The Balaban J connectivity index is 2.74. The van der Waals surface area contributed by atoms with Gasteiger partial charge in [0.1, 0.15) is 0 Å². The number of rotatable bonds is 6. The first-order valence-electron chi connectivity index (χ1n) is 6.28. The molecule has 1 N–H and O–H groups in total. The van der Waals surface area contributed by atoms with Gasteiger partial charge in [0.15, 0.2) is 0 Å². The van der Waals surface area contributed by atoms with E-state index in [0.717, 1.165) is 12.1 Å². The molecule has 0 amide bonds. The maximum absolute atomic E-state index is 5.53. The Morgan fingerprint density at radius 2 is 2.00 bits per heavy atom. The van der Waals surface area contributed by atoms with Crippen LogP contribution in [0, 0.1) is 12.8 Å². The summed E-state index contributed by atoms with van der Waals surface area (Å²) in [6, 6.07) is 2.21. The van der Waals surface area contributed by atoms with Gasteiger partial charge in [-0.2, -0.15) is 4.98 Å². The van der Waals surface area contributed by atoms with E-state index < -0.39 is 0 Å². The van der Waals surface area contributed by atoms with Crippen LogP contribution in [0.4, 0.5) is 5.95 Å². The first-order chi connectivity index (χ1) is 8.02. The average molecular weight is 237 g/mol. The maximum Gasteiger partial charge on any atom is 0.226 e. The van der Waals surface area contributed by atoms with E-state index in [4.69, 9.17) is 4.74 Å². The highest BCUT2D eigenvalue weighted by Crippen LogP contribution is 2.14. The molecule has 0 radical (unpaired) electrons. The average Bonchev–Trinajstić information content (AvgIpc) is 2.25. The van der Waals surface area contributed by atoms with E-state index in [1.165, 1.54) is 0 Å². The first-order valence-corrected chi connectivity index (χ1v) is 6.28. The molecule has 96 valence electrons. The van der Waals surface area contributed by atoms with Crippen LogP contribution >= 0.6 is 0 Å². The van der Waals surface area contributed by atoms with Crippen LogP contribution in [0.5, 0.6) is 5.88 Å². The topological polar surface area (TPSA) is 47.0 Å². The molecule has 0 aliphatic heterocycles. The van der Waals surface area contributed by atoms with E-state index in [0.29, 0.717) is 30.4 Å². The van der Waals surface area contributed by atoms with Crippen LogP contribution < -0.4 is 10.1 Å². The maximum atomic E-state index is 5.53. The molecule has 0 bridgehead atoms. The summed E-state index contributed by atoms with van der Waals surface area (Å²) in [5.41, 5.74) is 0.921. The quantitative estimate of drug-likeness (QED) is 0.826. The molecule has 1 rings (SSSR count). The van der Waals surface area contributed by atoms with Crippen molar-refractivity contribution in [3.8, 4) is 5.88 Å². The van der Waals surface area contributed by atoms with Crippen molar-refractivity contribution in [2.45, 2.75) is 47.1 Å². The predicted octanol–water partition coefficient (Wildman–Crippen LogP) is 3.03. The molecule has 4 heteroatoms. The molecule has 1 unspecified atom stereocenters. The van der Waals surface area contributed by atoms with Gasteiger partial charge in [-0.15, -0.1) is 0 Å². The van der Waals surface area contributed by atoms with Crippen molar-refractivity contribution in [3.05, 3.63) is 11.8 Å². The lowest BCUT2D eigenvalue weighted by Gasteiger charge is -2.18. The van der Waals surface area contributed by atoms with Gasteiger partial charge in [0.25, 0.3) is 0 Å². The highest BCUT2D eigenvalue weighted by molar-refractivity contribution is 5.31. The number of nitrogens with one attached hydrogen (secondary N) is 1. The van der Waals surface area contributed by atoms with Gasteiger partial charge in [-0.05, 0) is 26.2 Å². The molecule has 0 aromatic carbocycles. The molecule has 0 aliphatic carbocycles. The summed E-state index contributed by atoms with van der Waals surface area (Å²) in [5.74, 6) is 1.84. The standard InChI is InChI=1S/C13H23N3O/c1-6-7-17-12-8-10(4)14-13(16-12)15-11(5)9(2)3/h8-9,11H,6-7H2,1-5H3,(H,14,15,16). The van der Waals surface area contributed by atoms with Crippen molar-refractivity contribution in [2.24, 2.45) is 5.92 Å². The van der Waals surface area contributed by atoms with Crippen LogP contribution in [-0.4, -0.2) is 22.6 Å². The van der Waals surface area contributed by atoms with Crippen molar-refractivity contribution in [1.82, 2.24) is 9.97 Å². The van der Waals surface area contributed by atoms with E-state index >= 15 is 0 Å². The van der Waals surface area contributed by atoms with E-state index in [-0.39, 0.29) is 0 Å². The van der Waals surface area contributed by atoms with Crippen molar-refractivity contribution >= 4 is 5.95 Å². The SMILES string of the molecule is CCCOc1cc(C)nc(NC(C)C(C)C)n1. The lowest BCUT2D eigenvalue weighted by Crippen LogP contribution is -2.23. The number of anilines is 1. The minimum atomic E-state index is 0.343. The zero-order valence-electron chi connectivity index (χ0n) is 11.4. The van der Waals surface area contributed by atoms with Crippen LogP contribution in [0.3, 0.4) is 0 Å². The third-order valence-corrected chi connectivity index (χ3v) is 2.64. The summed E-state index contributed by atoms with van der Waals surface area (Å²) in [6.45, 7) is 11.2. The minimum absolute atomic E-state index is 0.343. The van der Waals surface area contributed by atoms with Gasteiger partial charge in [-0.3, -0.25) is 0 Å². The molecule has 4 nitrogen and oxygen atoms in total. The fraction of sp³-hybridized carbons (Fsp3) is 0.692. The Bertz CT molecular complexity index is 353. The zero-order chi connectivity index (χ0) is 12.8. The van der Waals surface area contributed by atoms with E-state index in [2.05, 4.69) is 43.0 Å². The Morgan fingerprint density at radius 1 is 1.29 bits per heavy atom. The van der Waals surface area contributed by atoms with Crippen molar-refractivity contribution < 1.29 is 4.74 Å². The Labute approximate surface area is 104 Å². The van der Waals surface area contributed by atoms with Crippen molar-refractivity contribution in [1.29, 1.82) is 0 Å². The lowest BCUT2D eigenvalue weighted by atomic mass is 10.1. The molecule has 1 aromatic rings. The van der Waals surface area contributed by atoms with Crippen LogP contribution in [0.25, 0.3) is 0 Å². The van der Waals surface area contributed by atoms with E-state index in [1.807, 2.05) is 13.0 Å². The van der Waals surface area contributed by atoms with Crippen molar-refractivity contribution in [3.63, 3.8) is 0 Å². The number of hydrogen-bond donors (Lipinski definition) is 1. The third-order valence-electron chi connectivity index (χ3n) is 2.64. The second kappa shape index (κ2) is 6.42. The fourth-order valence-electron chi connectivity index (χ4n) is 1.26. The third kappa shape index (κ3) is 4.59. The van der Waals surface area contributed by atoms with Crippen LogP contribution in [0.1, 0.15) is 39.8 Å². The molecule has 17 heavy (non-hydrogen) atoms. The molecular weight excluding hydrogens is 214 g/mol. The molecule has 1 atom stereocenters. The van der Waals surface area contributed by atoms with Crippen molar-refractivity contribution in [2.75, 3.05) is 11.9 Å². The summed E-state index contributed by atoms with van der Waals surface area (Å²) < 4.78 is 5.53. The molecule has 0 fully saturated rings. The Hall–Kier alpha value is -1.32. The number of hydrogen-bond acceptors (Lipinski definition) is 4. The number of nitrogens with zero attached hydrogens (tertiary/aromatic N) is 2. The van der Waals surface area contributed by atoms with Gasteiger partial charge in [0.2, 0.25) is 11.8 Å². The summed E-state index contributed by atoms with van der Waals surface area (Å²) in [4.78, 5) is 8.71. The first kappa shape index (κ1) is 13.7. The summed E-state index contributed by atoms with van der Waals surface area (Å²) >= 11 is 0. The largest absolute Gasteiger partial charge is 0.478 e. The van der Waals surface area contributed by atoms with Crippen LogP contribution in [-0.2, 0) is 0 Å². The van der Waals surface area contributed by atoms with Crippen LogP contribution in [0.2, 0.25) is 0 Å².